The third-order valence-corrected chi connectivity index (χ3v) is 11.7. The molecule has 2 aliphatic heterocycles. The van der Waals surface area contributed by atoms with Crippen LogP contribution in [-0.4, -0.2) is 45.0 Å². The van der Waals surface area contributed by atoms with Gasteiger partial charge in [0.25, 0.3) is 0 Å². The molecule has 17 heteroatoms. The van der Waals surface area contributed by atoms with E-state index in [1.807, 2.05) is 35.0 Å². The van der Waals surface area contributed by atoms with Gasteiger partial charge in [0.2, 0.25) is 0 Å². The first-order valence-electron chi connectivity index (χ1n) is 12.6. The molecule has 0 saturated heterocycles. The van der Waals surface area contributed by atoms with Gasteiger partial charge in [-0.25, -0.2) is 0 Å². The third-order valence-electron chi connectivity index (χ3n) is 6.77. The van der Waals surface area contributed by atoms with Gasteiger partial charge in [0, 0.05) is 9.75 Å². The summed E-state index contributed by atoms with van der Waals surface area (Å²) < 4.78 is 32.9. The van der Waals surface area contributed by atoms with E-state index in [0.29, 0.717) is 46.0 Å². The largest absolute Gasteiger partial charge is 0.485 e. The first-order valence-corrected chi connectivity index (χ1v) is 16.7. The predicted octanol–water partition coefficient (Wildman–Crippen LogP) is 7.96. The number of nitrogens with zero attached hydrogens (tertiary/aromatic N) is 4. The van der Waals surface area contributed by atoms with E-state index >= 15 is 0 Å². The molecule has 216 valence electrons. The van der Waals surface area contributed by atoms with Gasteiger partial charge in [-0.3, -0.25) is 20.2 Å². The van der Waals surface area contributed by atoms with Crippen LogP contribution in [-0.2, 0) is 0 Å². The van der Waals surface area contributed by atoms with Crippen LogP contribution in [0, 0.1) is 20.2 Å². The molecule has 6 aromatic rings. The quantitative estimate of drug-likeness (QED) is 0.126. The maximum atomic E-state index is 12.9. The fraction of sp³-hybridized carbons (Fsp3) is 0.154. The van der Waals surface area contributed by atoms with E-state index in [1.54, 1.807) is 0 Å². The van der Waals surface area contributed by atoms with Crippen LogP contribution in [0.15, 0.2) is 35.0 Å². The Kier molecular flexibility index (Phi) is 6.30. The molecule has 0 spiro atoms. The molecule has 12 nitrogen and oxygen atoms in total. The summed E-state index contributed by atoms with van der Waals surface area (Å²) in [4.78, 5) is 28.2. The minimum absolute atomic E-state index is 0.0279. The molecular formula is C26H14N4O8S5. The van der Waals surface area contributed by atoms with E-state index in [4.69, 9.17) is 18.9 Å². The molecule has 0 fully saturated rings. The van der Waals surface area contributed by atoms with E-state index in [9.17, 15) is 20.2 Å². The van der Waals surface area contributed by atoms with Crippen LogP contribution in [0.2, 0.25) is 0 Å². The Bertz CT molecular complexity index is 1920. The first kappa shape index (κ1) is 26.5. The number of rotatable bonds is 6. The van der Waals surface area contributed by atoms with Gasteiger partial charge in [-0.1, -0.05) is 12.1 Å². The van der Waals surface area contributed by atoms with Gasteiger partial charge in [0.15, 0.2) is 23.0 Å². The molecule has 2 aliphatic rings. The molecule has 0 aliphatic carbocycles. The zero-order valence-corrected chi connectivity index (χ0v) is 25.5. The molecule has 0 bridgehead atoms. The summed E-state index contributed by atoms with van der Waals surface area (Å²) in [6, 6.07) is 7.59. The van der Waals surface area contributed by atoms with Crippen molar-refractivity contribution in [1.82, 2.24) is 8.75 Å². The lowest BCUT2D eigenvalue weighted by Gasteiger charge is -2.18. The van der Waals surface area contributed by atoms with Crippen LogP contribution < -0.4 is 18.9 Å². The number of hydrogen-bond donors (Lipinski definition) is 0. The summed E-state index contributed by atoms with van der Waals surface area (Å²) in [7, 11) is 0. The van der Waals surface area contributed by atoms with Crippen molar-refractivity contribution in [2.75, 3.05) is 26.4 Å². The second-order valence-electron chi connectivity index (χ2n) is 9.11. The van der Waals surface area contributed by atoms with Crippen LogP contribution in [0.4, 0.5) is 11.4 Å². The highest BCUT2D eigenvalue weighted by Crippen LogP contribution is 2.62. The Balaban J connectivity index is 1.47. The molecule has 0 atom stereocenters. The second kappa shape index (κ2) is 10.2. The predicted molar refractivity (Wildman–Crippen MR) is 166 cm³/mol. The molecule has 0 N–H and O–H groups in total. The van der Waals surface area contributed by atoms with E-state index in [2.05, 4.69) is 8.75 Å². The molecular weight excluding hydrogens is 657 g/mol. The van der Waals surface area contributed by atoms with Gasteiger partial charge in [0.1, 0.15) is 48.6 Å². The summed E-state index contributed by atoms with van der Waals surface area (Å²) >= 11 is 6.20. The second-order valence-corrected chi connectivity index (χ2v) is 13.6. The number of aromatic nitrogens is 2. The highest BCUT2D eigenvalue weighted by molar-refractivity contribution is 7.24. The maximum absolute atomic E-state index is 12.9. The molecule has 7 heterocycles. The monoisotopic (exact) mass is 670 g/mol. The molecule has 5 aromatic heterocycles. The van der Waals surface area contributed by atoms with Crippen molar-refractivity contribution in [3.63, 3.8) is 0 Å². The van der Waals surface area contributed by atoms with Gasteiger partial charge in [-0.05, 0) is 22.9 Å². The Morgan fingerprint density at radius 2 is 1.02 bits per heavy atom. The lowest BCUT2D eigenvalue weighted by molar-refractivity contribution is -0.421. The van der Waals surface area contributed by atoms with E-state index in [1.165, 1.54) is 45.3 Å². The molecule has 0 radical (unpaired) electrons. The number of nitro benzene ring substituents is 2. The van der Waals surface area contributed by atoms with Crippen LogP contribution in [0.3, 0.4) is 0 Å². The normalized spacial score (nSPS) is 13.9. The summed E-state index contributed by atoms with van der Waals surface area (Å²) in [6.45, 7) is 1.04. The van der Waals surface area contributed by atoms with Gasteiger partial charge in [0.05, 0.1) is 41.1 Å². The average Bonchev–Trinajstić information content (AvgIpc) is 3.85. The number of ether oxygens (including phenoxy) is 4. The Hall–Kier alpha value is -4.16. The summed E-state index contributed by atoms with van der Waals surface area (Å²) in [6.07, 6.45) is 0. The Labute approximate surface area is 260 Å². The number of thiophene rings is 4. The lowest BCUT2D eigenvalue weighted by Crippen LogP contribution is -2.15. The zero-order valence-electron chi connectivity index (χ0n) is 21.4. The third kappa shape index (κ3) is 4.03. The van der Waals surface area contributed by atoms with Gasteiger partial charge in [-0.2, -0.15) is 8.75 Å². The zero-order chi connectivity index (χ0) is 29.2. The van der Waals surface area contributed by atoms with Gasteiger partial charge < -0.3 is 18.9 Å². The summed E-state index contributed by atoms with van der Waals surface area (Å²) in [5.41, 5.74) is -1.14. The lowest BCUT2D eigenvalue weighted by atomic mass is 9.99. The topological polar surface area (TPSA) is 149 Å². The molecule has 0 saturated carbocycles. The maximum Gasteiger partial charge on any atom is 0.357 e. The van der Waals surface area contributed by atoms with E-state index < -0.39 is 21.2 Å². The number of benzene rings is 1. The fourth-order valence-electron chi connectivity index (χ4n) is 5.13. The average molecular weight is 671 g/mol. The van der Waals surface area contributed by atoms with Gasteiger partial charge >= 0.3 is 11.4 Å². The molecule has 43 heavy (non-hydrogen) atoms. The highest BCUT2D eigenvalue weighted by atomic mass is 32.1. The molecule has 0 unspecified atom stereocenters. The van der Waals surface area contributed by atoms with Crippen molar-refractivity contribution >= 4 is 79.5 Å². The number of fused-ring (bicyclic) bond motifs is 3. The van der Waals surface area contributed by atoms with Crippen molar-refractivity contribution in [2.24, 2.45) is 0 Å². The van der Waals surface area contributed by atoms with Crippen LogP contribution in [0.25, 0.3) is 51.4 Å². The van der Waals surface area contributed by atoms with Crippen LogP contribution >= 0.6 is 57.1 Å². The minimum Gasteiger partial charge on any atom is -0.485 e. The molecule has 1 aromatic carbocycles. The summed E-state index contributed by atoms with van der Waals surface area (Å²) in [5.74, 6) is 1.49. The fourth-order valence-corrected chi connectivity index (χ4v) is 9.87. The first-order chi connectivity index (χ1) is 21.0. The van der Waals surface area contributed by atoms with E-state index in [-0.39, 0.29) is 35.4 Å². The van der Waals surface area contributed by atoms with Crippen molar-refractivity contribution in [3.8, 4) is 63.4 Å². The molecule has 0 amide bonds. The standard InChI is InChI=1S/C26H14N4O8S5/c31-29(32)17-13(25-21-19(35-5-7-37-21)23(41-25)11-3-1-9-39-11)15-16(28-43-27-15)14(18(17)30(33)34)26-22-20(36-6-8-38-22)24(42-26)12-4-2-10-40-12/h1-4,9-10H,5-8H2. The Morgan fingerprint density at radius 1 is 0.628 bits per heavy atom. The van der Waals surface area contributed by atoms with E-state index in [0.717, 1.165) is 31.2 Å². The number of nitro groups is 2. The SMILES string of the molecule is O=[N+]([O-])c1c([N+](=O)[O-])c(-c2sc(-c3cccs3)c3c2OCCO3)c2nsnc2c1-c1sc(-c2cccs2)c2c1OCCO2. The summed E-state index contributed by atoms with van der Waals surface area (Å²) in [5, 5.41) is 29.6. The number of hydrogen-bond acceptors (Lipinski definition) is 15. The van der Waals surface area contributed by atoms with Crippen molar-refractivity contribution in [3.05, 3.63) is 55.3 Å². The highest BCUT2D eigenvalue weighted by Gasteiger charge is 2.44. The molecule has 8 rings (SSSR count). The van der Waals surface area contributed by atoms with Crippen LogP contribution in [0.5, 0.6) is 23.0 Å². The Morgan fingerprint density at radius 3 is 1.37 bits per heavy atom. The minimum atomic E-state index is -0.728. The van der Waals surface area contributed by atoms with Crippen LogP contribution in [0.1, 0.15) is 0 Å². The van der Waals surface area contributed by atoms with Crippen molar-refractivity contribution < 1.29 is 28.8 Å². The smallest absolute Gasteiger partial charge is 0.357 e. The van der Waals surface area contributed by atoms with Crippen molar-refractivity contribution in [2.45, 2.75) is 0 Å². The van der Waals surface area contributed by atoms with Crippen molar-refractivity contribution in [1.29, 1.82) is 0 Å². The van der Waals surface area contributed by atoms with Gasteiger partial charge in [-0.15, -0.1) is 45.3 Å².